The lowest BCUT2D eigenvalue weighted by Gasteiger charge is -2.26. The number of hydrogen-bond acceptors (Lipinski definition) is 2. The molecule has 3 heteroatoms. The van der Waals surface area contributed by atoms with Crippen LogP contribution in [0.15, 0.2) is 18.2 Å². The zero-order valence-electron chi connectivity index (χ0n) is 9.66. The average Bonchev–Trinajstić information content (AvgIpc) is 2.29. The highest BCUT2D eigenvalue weighted by molar-refractivity contribution is 6.16. The molecule has 16 heavy (non-hydrogen) atoms. The topological polar surface area (TPSA) is 22.1 Å². The standard InChI is InChI=1S/C13H18ClNO/c1-10-4-2-6-12(8-10)16-13-7-3-5-11(9-14)15-13/h3,5,7,10,12H,2,4,6,8-9H2,1H3. The van der Waals surface area contributed by atoms with Crippen molar-refractivity contribution in [3.05, 3.63) is 23.9 Å². The molecule has 0 radical (unpaired) electrons. The van der Waals surface area contributed by atoms with Crippen molar-refractivity contribution in [2.24, 2.45) is 5.92 Å². The third-order valence-corrected chi connectivity index (χ3v) is 3.37. The van der Waals surface area contributed by atoms with Gasteiger partial charge in [0.2, 0.25) is 5.88 Å². The van der Waals surface area contributed by atoms with Crippen LogP contribution in [0.2, 0.25) is 0 Å². The van der Waals surface area contributed by atoms with Crippen molar-refractivity contribution in [2.75, 3.05) is 0 Å². The minimum atomic E-state index is 0.335. The van der Waals surface area contributed by atoms with Gasteiger partial charge in [-0.25, -0.2) is 4.98 Å². The molecule has 0 aliphatic heterocycles. The summed E-state index contributed by atoms with van der Waals surface area (Å²) in [5.41, 5.74) is 0.878. The molecular formula is C13H18ClNO. The number of halogens is 1. The Morgan fingerprint density at radius 2 is 2.31 bits per heavy atom. The van der Waals surface area contributed by atoms with Gasteiger partial charge < -0.3 is 4.74 Å². The van der Waals surface area contributed by atoms with Gasteiger partial charge in [-0.3, -0.25) is 0 Å². The molecule has 1 aliphatic carbocycles. The van der Waals surface area contributed by atoms with E-state index in [2.05, 4.69) is 11.9 Å². The molecule has 0 spiro atoms. The van der Waals surface area contributed by atoms with Crippen LogP contribution in [0.25, 0.3) is 0 Å². The molecule has 1 saturated carbocycles. The molecule has 2 unspecified atom stereocenters. The second-order valence-electron chi connectivity index (χ2n) is 4.61. The average molecular weight is 240 g/mol. The van der Waals surface area contributed by atoms with Crippen LogP contribution in [0.5, 0.6) is 5.88 Å². The van der Waals surface area contributed by atoms with Crippen molar-refractivity contribution in [3.8, 4) is 5.88 Å². The van der Waals surface area contributed by atoms with Gasteiger partial charge in [0.1, 0.15) is 6.10 Å². The fourth-order valence-electron chi connectivity index (χ4n) is 2.25. The van der Waals surface area contributed by atoms with E-state index in [1.54, 1.807) is 0 Å². The summed E-state index contributed by atoms with van der Waals surface area (Å²) in [4.78, 5) is 4.36. The lowest BCUT2D eigenvalue weighted by molar-refractivity contribution is 0.124. The van der Waals surface area contributed by atoms with E-state index >= 15 is 0 Å². The maximum atomic E-state index is 5.90. The maximum absolute atomic E-state index is 5.90. The van der Waals surface area contributed by atoms with Crippen LogP contribution >= 0.6 is 11.6 Å². The number of nitrogens with zero attached hydrogens (tertiary/aromatic N) is 1. The summed E-state index contributed by atoms with van der Waals surface area (Å²) in [6, 6.07) is 5.78. The van der Waals surface area contributed by atoms with Gasteiger partial charge in [0.05, 0.1) is 11.6 Å². The Balaban J connectivity index is 1.97. The molecule has 1 aliphatic rings. The largest absolute Gasteiger partial charge is 0.474 e. The minimum Gasteiger partial charge on any atom is -0.474 e. The molecule has 1 fully saturated rings. The Morgan fingerprint density at radius 1 is 1.44 bits per heavy atom. The normalized spacial score (nSPS) is 25.4. The Bertz CT molecular complexity index is 342. The Kier molecular flexibility index (Phi) is 4.05. The van der Waals surface area contributed by atoms with Crippen molar-refractivity contribution in [2.45, 2.75) is 44.6 Å². The van der Waals surface area contributed by atoms with Crippen LogP contribution in [0.1, 0.15) is 38.3 Å². The Hall–Kier alpha value is -0.760. The molecule has 2 atom stereocenters. The maximum Gasteiger partial charge on any atom is 0.213 e. The third kappa shape index (κ3) is 3.11. The van der Waals surface area contributed by atoms with E-state index in [9.17, 15) is 0 Å². The number of rotatable bonds is 3. The molecular weight excluding hydrogens is 222 g/mol. The first-order chi connectivity index (χ1) is 7.78. The Labute approximate surface area is 102 Å². The number of pyridine rings is 1. The monoisotopic (exact) mass is 239 g/mol. The smallest absolute Gasteiger partial charge is 0.213 e. The summed E-state index contributed by atoms with van der Waals surface area (Å²) in [6.07, 6.45) is 5.22. The first-order valence-electron chi connectivity index (χ1n) is 5.96. The van der Waals surface area contributed by atoms with E-state index < -0.39 is 0 Å². The van der Waals surface area contributed by atoms with Crippen molar-refractivity contribution in [1.29, 1.82) is 0 Å². The van der Waals surface area contributed by atoms with Gasteiger partial charge in [0, 0.05) is 6.07 Å². The molecule has 0 aromatic carbocycles. The van der Waals surface area contributed by atoms with E-state index in [-0.39, 0.29) is 0 Å². The van der Waals surface area contributed by atoms with Crippen LogP contribution in [0.3, 0.4) is 0 Å². The van der Waals surface area contributed by atoms with Crippen LogP contribution in [-0.4, -0.2) is 11.1 Å². The Morgan fingerprint density at radius 3 is 3.06 bits per heavy atom. The van der Waals surface area contributed by atoms with Gasteiger partial charge in [-0.15, -0.1) is 11.6 Å². The minimum absolute atomic E-state index is 0.335. The quantitative estimate of drug-likeness (QED) is 0.749. The lowest BCUT2D eigenvalue weighted by Crippen LogP contribution is -2.24. The zero-order chi connectivity index (χ0) is 11.4. The highest BCUT2D eigenvalue weighted by atomic mass is 35.5. The van der Waals surface area contributed by atoms with Gasteiger partial charge in [-0.1, -0.05) is 19.4 Å². The fraction of sp³-hybridized carbons (Fsp3) is 0.615. The number of alkyl halides is 1. The highest BCUT2D eigenvalue weighted by Gasteiger charge is 2.20. The SMILES string of the molecule is CC1CCCC(Oc2cccc(CCl)n2)C1. The third-order valence-electron chi connectivity index (χ3n) is 3.09. The molecule has 2 nitrogen and oxygen atoms in total. The second-order valence-corrected chi connectivity index (χ2v) is 4.88. The number of aromatic nitrogens is 1. The molecule has 2 rings (SSSR count). The molecule has 0 N–H and O–H groups in total. The summed E-state index contributed by atoms with van der Waals surface area (Å²) in [5, 5.41) is 0. The predicted octanol–water partition coefficient (Wildman–Crippen LogP) is 3.78. The van der Waals surface area contributed by atoms with Crippen molar-refractivity contribution >= 4 is 11.6 Å². The summed E-state index contributed by atoms with van der Waals surface area (Å²) in [7, 11) is 0. The number of hydrogen-bond donors (Lipinski definition) is 0. The van der Waals surface area contributed by atoms with E-state index in [0.717, 1.165) is 30.3 Å². The van der Waals surface area contributed by atoms with Crippen molar-refractivity contribution in [1.82, 2.24) is 4.98 Å². The second kappa shape index (κ2) is 5.53. The summed E-state index contributed by atoms with van der Waals surface area (Å²) in [6.45, 7) is 2.29. The van der Waals surface area contributed by atoms with Gasteiger partial charge in [0.15, 0.2) is 0 Å². The van der Waals surface area contributed by atoms with E-state index in [4.69, 9.17) is 16.3 Å². The first-order valence-corrected chi connectivity index (χ1v) is 6.50. The highest BCUT2D eigenvalue weighted by Crippen LogP contribution is 2.26. The lowest BCUT2D eigenvalue weighted by atomic mass is 9.89. The van der Waals surface area contributed by atoms with E-state index in [1.807, 2.05) is 18.2 Å². The number of ether oxygens (including phenoxy) is 1. The summed E-state index contributed by atoms with van der Waals surface area (Å²) < 4.78 is 5.90. The molecule has 1 heterocycles. The molecule has 0 saturated heterocycles. The van der Waals surface area contributed by atoms with Gasteiger partial charge in [0.25, 0.3) is 0 Å². The molecule has 1 aromatic rings. The molecule has 0 bridgehead atoms. The van der Waals surface area contributed by atoms with Crippen molar-refractivity contribution in [3.63, 3.8) is 0 Å². The van der Waals surface area contributed by atoms with Gasteiger partial charge in [-0.05, 0) is 31.2 Å². The predicted molar refractivity (Wildman–Crippen MR) is 65.8 cm³/mol. The summed E-state index contributed by atoms with van der Waals surface area (Å²) >= 11 is 5.75. The first kappa shape index (κ1) is 11.7. The summed E-state index contributed by atoms with van der Waals surface area (Å²) in [5.74, 6) is 1.94. The molecule has 1 aromatic heterocycles. The fourth-order valence-corrected chi connectivity index (χ4v) is 2.40. The molecule has 0 amide bonds. The van der Waals surface area contributed by atoms with Crippen LogP contribution in [0.4, 0.5) is 0 Å². The van der Waals surface area contributed by atoms with Crippen LogP contribution in [0, 0.1) is 5.92 Å². The molecule has 88 valence electrons. The van der Waals surface area contributed by atoms with E-state index in [1.165, 1.54) is 12.8 Å². The zero-order valence-corrected chi connectivity index (χ0v) is 10.4. The van der Waals surface area contributed by atoms with Gasteiger partial charge in [-0.2, -0.15) is 0 Å². The van der Waals surface area contributed by atoms with Crippen LogP contribution in [-0.2, 0) is 5.88 Å². The van der Waals surface area contributed by atoms with E-state index in [0.29, 0.717) is 12.0 Å². The van der Waals surface area contributed by atoms with Gasteiger partial charge >= 0.3 is 0 Å². The van der Waals surface area contributed by atoms with Crippen molar-refractivity contribution < 1.29 is 4.74 Å². The van der Waals surface area contributed by atoms with Crippen LogP contribution < -0.4 is 4.74 Å².